The van der Waals surface area contributed by atoms with Crippen molar-refractivity contribution in [2.75, 3.05) is 17.2 Å². The molecule has 0 saturated heterocycles. The van der Waals surface area contributed by atoms with Crippen molar-refractivity contribution in [3.63, 3.8) is 0 Å². The highest BCUT2D eigenvalue weighted by atomic mass is 16.5. The number of nitrogen functional groups attached to an aromatic ring is 1. The lowest BCUT2D eigenvalue weighted by Gasteiger charge is -2.41. The van der Waals surface area contributed by atoms with Gasteiger partial charge in [-0.05, 0) is 38.0 Å². The summed E-state index contributed by atoms with van der Waals surface area (Å²) in [5.74, 6) is 0.356. The van der Waals surface area contributed by atoms with Crippen LogP contribution >= 0.6 is 0 Å². The van der Waals surface area contributed by atoms with Gasteiger partial charge in [-0.15, -0.1) is 0 Å². The van der Waals surface area contributed by atoms with E-state index in [0.717, 1.165) is 0 Å². The Balaban J connectivity index is 2.55. The highest BCUT2D eigenvalue weighted by Crippen LogP contribution is 2.41. The third-order valence-electron chi connectivity index (χ3n) is 3.74. The van der Waals surface area contributed by atoms with Gasteiger partial charge < -0.3 is 10.5 Å². The van der Waals surface area contributed by atoms with Crippen LogP contribution in [0.3, 0.4) is 0 Å². The zero-order chi connectivity index (χ0) is 14.9. The Morgan fingerprint density at radius 3 is 2.55 bits per heavy atom. The molecule has 108 valence electrons. The molecule has 1 aliphatic heterocycles. The summed E-state index contributed by atoms with van der Waals surface area (Å²) >= 11 is 0. The lowest BCUT2D eigenvalue weighted by Crippen LogP contribution is -2.56. The number of amides is 1. The van der Waals surface area contributed by atoms with Gasteiger partial charge in [-0.3, -0.25) is 14.5 Å². The number of benzene rings is 1. The summed E-state index contributed by atoms with van der Waals surface area (Å²) in [4.78, 5) is 25.7. The predicted octanol–water partition coefficient (Wildman–Crippen LogP) is 2.14. The maximum absolute atomic E-state index is 12.7. The Morgan fingerprint density at radius 2 is 2.00 bits per heavy atom. The van der Waals surface area contributed by atoms with E-state index in [0.29, 0.717) is 30.0 Å². The minimum atomic E-state index is -0.890. The molecule has 0 aromatic heterocycles. The van der Waals surface area contributed by atoms with Crippen LogP contribution < -0.4 is 15.4 Å². The van der Waals surface area contributed by atoms with Crippen molar-refractivity contribution < 1.29 is 14.3 Å². The zero-order valence-corrected chi connectivity index (χ0v) is 12.1. The highest BCUT2D eigenvalue weighted by molar-refractivity contribution is 6.06. The fourth-order valence-electron chi connectivity index (χ4n) is 2.52. The average molecular weight is 276 g/mol. The fourth-order valence-corrected chi connectivity index (χ4v) is 2.52. The number of ether oxygens (including phenoxy) is 1. The van der Waals surface area contributed by atoms with Crippen LogP contribution in [-0.2, 0) is 9.59 Å². The molecule has 1 aromatic rings. The van der Waals surface area contributed by atoms with E-state index in [1.165, 1.54) is 11.8 Å². The summed E-state index contributed by atoms with van der Waals surface area (Å²) in [5, 5.41) is 0. The smallest absolute Gasteiger partial charge is 0.271 e. The number of ketones is 1. The number of Topliss-reactive ketones (excluding diaryl/α,β-unsaturated/α-hetero) is 1. The Labute approximate surface area is 118 Å². The van der Waals surface area contributed by atoms with Gasteiger partial charge in [0.2, 0.25) is 0 Å². The molecule has 2 rings (SSSR count). The standard InChI is InChI=1S/C15H20N2O3/c1-4-15(5-2)14(19)17(9-10(3)18)12-8-11(16)6-7-13(12)20-15/h6-8H,4-5,9,16H2,1-3H3. The minimum absolute atomic E-state index is 0.0421. The molecular formula is C15H20N2O3. The second kappa shape index (κ2) is 5.15. The number of nitrogens with two attached hydrogens (primary N) is 1. The summed E-state index contributed by atoms with van der Waals surface area (Å²) in [6.45, 7) is 5.33. The number of anilines is 2. The number of nitrogens with zero attached hydrogens (tertiary/aromatic N) is 1. The van der Waals surface area contributed by atoms with Gasteiger partial charge in [-0.1, -0.05) is 13.8 Å². The fraction of sp³-hybridized carbons (Fsp3) is 0.467. The van der Waals surface area contributed by atoms with Crippen LogP contribution in [-0.4, -0.2) is 23.8 Å². The SMILES string of the molecule is CCC1(CC)Oc2ccc(N)cc2N(CC(C)=O)C1=O. The first-order chi connectivity index (χ1) is 9.43. The number of hydrogen-bond donors (Lipinski definition) is 1. The maximum atomic E-state index is 12.7. The predicted molar refractivity (Wildman–Crippen MR) is 77.8 cm³/mol. The quantitative estimate of drug-likeness (QED) is 0.855. The van der Waals surface area contributed by atoms with Crippen molar-refractivity contribution in [1.82, 2.24) is 0 Å². The van der Waals surface area contributed by atoms with Crippen LogP contribution in [0.1, 0.15) is 33.6 Å². The van der Waals surface area contributed by atoms with E-state index in [1.54, 1.807) is 18.2 Å². The summed E-state index contributed by atoms with van der Waals surface area (Å²) < 4.78 is 5.94. The van der Waals surface area contributed by atoms with E-state index in [9.17, 15) is 9.59 Å². The van der Waals surface area contributed by atoms with Gasteiger partial charge in [0.25, 0.3) is 5.91 Å². The van der Waals surface area contributed by atoms with Crippen LogP contribution in [0.5, 0.6) is 5.75 Å². The van der Waals surface area contributed by atoms with Crippen molar-refractivity contribution >= 4 is 23.1 Å². The minimum Gasteiger partial charge on any atom is -0.475 e. The molecule has 0 unspecified atom stereocenters. The molecule has 20 heavy (non-hydrogen) atoms. The normalized spacial score (nSPS) is 16.6. The molecule has 0 fully saturated rings. The molecule has 0 saturated carbocycles. The van der Waals surface area contributed by atoms with E-state index in [-0.39, 0.29) is 18.2 Å². The zero-order valence-electron chi connectivity index (χ0n) is 12.1. The van der Waals surface area contributed by atoms with Crippen molar-refractivity contribution in [3.8, 4) is 5.75 Å². The molecule has 1 heterocycles. The molecule has 5 nitrogen and oxygen atoms in total. The Kier molecular flexibility index (Phi) is 3.70. The van der Waals surface area contributed by atoms with Crippen LogP contribution in [0, 0.1) is 0 Å². The first kappa shape index (κ1) is 14.4. The first-order valence-electron chi connectivity index (χ1n) is 6.83. The number of fused-ring (bicyclic) bond motifs is 1. The van der Waals surface area contributed by atoms with Gasteiger partial charge in [-0.25, -0.2) is 0 Å². The number of hydrogen-bond acceptors (Lipinski definition) is 4. The van der Waals surface area contributed by atoms with Gasteiger partial charge in [-0.2, -0.15) is 0 Å². The van der Waals surface area contributed by atoms with Crippen molar-refractivity contribution in [2.45, 2.75) is 39.2 Å². The molecule has 0 spiro atoms. The third kappa shape index (κ3) is 2.24. The van der Waals surface area contributed by atoms with E-state index >= 15 is 0 Å². The van der Waals surface area contributed by atoms with Gasteiger partial charge in [0.15, 0.2) is 5.60 Å². The molecular weight excluding hydrogens is 256 g/mol. The highest BCUT2D eigenvalue weighted by Gasteiger charge is 2.46. The van der Waals surface area contributed by atoms with E-state index in [1.807, 2.05) is 13.8 Å². The van der Waals surface area contributed by atoms with Crippen molar-refractivity contribution in [2.24, 2.45) is 0 Å². The summed E-state index contributed by atoms with van der Waals surface area (Å²) in [7, 11) is 0. The maximum Gasteiger partial charge on any atom is 0.271 e. The molecule has 1 aromatic carbocycles. The third-order valence-corrected chi connectivity index (χ3v) is 3.74. The van der Waals surface area contributed by atoms with E-state index < -0.39 is 5.60 Å². The van der Waals surface area contributed by atoms with Gasteiger partial charge >= 0.3 is 0 Å². The lowest BCUT2D eigenvalue weighted by atomic mass is 9.92. The summed E-state index contributed by atoms with van der Waals surface area (Å²) in [6, 6.07) is 5.16. The molecule has 0 bridgehead atoms. The molecule has 1 amide bonds. The molecule has 0 aliphatic carbocycles. The monoisotopic (exact) mass is 276 g/mol. The molecule has 0 atom stereocenters. The number of carbonyl (C=O) groups is 2. The number of carbonyl (C=O) groups excluding carboxylic acids is 2. The average Bonchev–Trinajstić information content (AvgIpc) is 2.42. The molecule has 1 aliphatic rings. The Morgan fingerprint density at radius 1 is 1.35 bits per heavy atom. The van der Waals surface area contributed by atoms with Crippen molar-refractivity contribution in [1.29, 1.82) is 0 Å². The second-order valence-corrected chi connectivity index (χ2v) is 5.12. The van der Waals surface area contributed by atoms with Crippen molar-refractivity contribution in [3.05, 3.63) is 18.2 Å². The summed E-state index contributed by atoms with van der Waals surface area (Å²) in [6.07, 6.45) is 1.11. The topological polar surface area (TPSA) is 72.6 Å². The van der Waals surface area contributed by atoms with Gasteiger partial charge in [0.1, 0.15) is 11.5 Å². The Hall–Kier alpha value is -2.04. The summed E-state index contributed by atoms with van der Waals surface area (Å²) in [5.41, 5.74) is 5.99. The van der Waals surface area contributed by atoms with Gasteiger partial charge in [0, 0.05) is 5.69 Å². The Bertz CT molecular complexity index is 550. The van der Waals surface area contributed by atoms with Crippen LogP contribution in [0.2, 0.25) is 0 Å². The van der Waals surface area contributed by atoms with E-state index in [4.69, 9.17) is 10.5 Å². The van der Waals surface area contributed by atoms with Crippen LogP contribution in [0.4, 0.5) is 11.4 Å². The lowest BCUT2D eigenvalue weighted by molar-refractivity contribution is -0.137. The second-order valence-electron chi connectivity index (χ2n) is 5.12. The molecule has 2 N–H and O–H groups in total. The van der Waals surface area contributed by atoms with E-state index in [2.05, 4.69) is 0 Å². The first-order valence-corrected chi connectivity index (χ1v) is 6.83. The van der Waals surface area contributed by atoms with Gasteiger partial charge in [0.05, 0.1) is 12.2 Å². The number of rotatable bonds is 4. The molecule has 5 heteroatoms. The van der Waals surface area contributed by atoms with Crippen LogP contribution in [0.25, 0.3) is 0 Å². The largest absolute Gasteiger partial charge is 0.475 e. The molecule has 0 radical (unpaired) electrons. The van der Waals surface area contributed by atoms with Crippen LogP contribution in [0.15, 0.2) is 18.2 Å².